The number of nitrogens with zero attached hydrogens (tertiary/aromatic N) is 1. The molecule has 0 aliphatic carbocycles. The molecule has 0 radical (unpaired) electrons. The van der Waals surface area contributed by atoms with E-state index < -0.39 is 0 Å². The summed E-state index contributed by atoms with van der Waals surface area (Å²) < 4.78 is 4.42. The Balaban J connectivity index is 0.000000522. The molecule has 0 atom stereocenters. The molecule has 1 aromatic carbocycles. The summed E-state index contributed by atoms with van der Waals surface area (Å²) in [4.78, 5) is 17.0. The minimum Gasteiger partial charge on any atom is -0.649 e. The van der Waals surface area contributed by atoms with Crippen LogP contribution in [0.15, 0.2) is 24.3 Å². The zero-order valence-corrected chi connectivity index (χ0v) is 14.8. The third-order valence-corrected chi connectivity index (χ3v) is 2.91. The Kier molecular flexibility index (Phi) is 9.15. The van der Waals surface area contributed by atoms with Gasteiger partial charge in [-0.25, -0.2) is 13.3 Å². The van der Waals surface area contributed by atoms with Gasteiger partial charge in [0.25, 0.3) is 0 Å². The average Bonchev–Trinajstić information content (AvgIpc) is 2.79. The van der Waals surface area contributed by atoms with Crippen LogP contribution in [0.4, 0.5) is 0 Å². The first-order chi connectivity index (χ1) is 10.3. The normalized spacial score (nSPS) is 10.1. The van der Waals surface area contributed by atoms with Gasteiger partial charge in [0.2, 0.25) is 0 Å². The molecule has 2 rings (SSSR count). The fourth-order valence-electron chi connectivity index (χ4n) is 1.56. The van der Waals surface area contributed by atoms with E-state index >= 15 is 0 Å². The van der Waals surface area contributed by atoms with E-state index in [9.17, 15) is 4.79 Å². The molecule has 0 bridgehead atoms. The van der Waals surface area contributed by atoms with E-state index in [2.05, 4.69) is 28.6 Å². The van der Waals surface area contributed by atoms with Crippen molar-refractivity contribution in [1.82, 2.24) is 9.97 Å². The smallest absolute Gasteiger partial charge is 0.649 e. The molecule has 1 aromatic heterocycles. The van der Waals surface area contributed by atoms with Crippen LogP contribution >= 0.6 is 11.6 Å². The van der Waals surface area contributed by atoms with Crippen LogP contribution in [0.5, 0.6) is 0 Å². The summed E-state index contributed by atoms with van der Waals surface area (Å²) >= 11 is 6.07. The third kappa shape index (κ3) is 7.18. The number of ether oxygens (including phenoxy) is 1. The van der Waals surface area contributed by atoms with E-state index in [0.29, 0.717) is 11.4 Å². The van der Waals surface area contributed by atoms with Crippen LogP contribution in [-0.2, 0) is 16.0 Å². The summed E-state index contributed by atoms with van der Waals surface area (Å²) in [5, 5.41) is 0.682. The molecule has 4 nitrogen and oxygen atoms in total. The molecule has 2 aromatic rings. The summed E-state index contributed by atoms with van der Waals surface area (Å²) in [6.45, 7) is 14.4. The van der Waals surface area contributed by atoms with Crippen LogP contribution in [0, 0.1) is 13.8 Å². The SMILES string of the molecule is CC(C)(C)O[C-]=O.[CH2-]Cc1nc(-c2ccccc2Cl)[nH]c1[CH2-].[Li+]. The number of rotatable bonds is 3. The van der Waals surface area contributed by atoms with Crippen LogP contribution in [0.2, 0.25) is 5.02 Å². The van der Waals surface area contributed by atoms with Crippen LogP contribution in [0.1, 0.15) is 32.2 Å². The van der Waals surface area contributed by atoms with Crippen molar-refractivity contribution >= 4 is 18.1 Å². The molecule has 0 amide bonds. The van der Waals surface area contributed by atoms with Gasteiger partial charge >= 0.3 is 18.9 Å². The third-order valence-electron chi connectivity index (χ3n) is 2.58. The standard InChI is InChI=1S/C12H11ClN2.C5H9O2.Li/c1-3-11-8(2)14-12(15-11)9-6-4-5-7-10(9)13;1-5(2,3)7-4-6;/h4-7H,1-3H2,(H,14,15);1-3H3;/q-2;-1;+1. The van der Waals surface area contributed by atoms with Gasteiger partial charge in [0.1, 0.15) is 5.82 Å². The molecular weight excluding hydrogens is 307 g/mol. The van der Waals surface area contributed by atoms with Crippen molar-refractivity contribution in [3.8, 4) is 11.4 Å². The number of aromatic nitrogens is 2. The monoisotopic (exact) mass is 326 g/mol. The Labute approximate surface area is 155 Å². The van der Waals surface area contributed by atoms with Crippen LogP contribution in [0.3, 0.4) is 0 Å². The van der Waals surface area contributed by atoms with E-state index in [4.69, 9.17) is 11.6 Å². The van der Waals surface area contributed by atoms with Crippen LogP contribution in [0.25, 0.3) is 11.4 Å². The van der Waals surface area contributed by atoms with Crippen molar-refractivity contribution in [1.29, 1.82) is 0 Å². The predicted octanol–water partition coefficient (Wildman–Crippen LogP) is 1.16. The van der Waals surface area contributed by atoms with Gasteiger partial charge in [0.15, 0.2) is 0 Å². The van der Waals surface area contributed by atoms with Gasteiger partial charge in [-0.1, -0.05) is 30.2 Å². The topological polar surface area (TPSA) is 55.0 Å². The van der Waals surface area contributed by atoms with Crippen molar-refractivity contribution in [2.75, 3.05) is 0 Å². The Morgan fingerprint density at radius 2 is 1.96 bits per heavy atom. The van der Waals surface area contributed by atoms with Crippen molar-refractivity contribution in [3.05, 3.63) is 54.5 Å². The molecule has 1 N–H and O–H groups in total. The fourth-order valence-corrected chi connectivity index (χ4v) is 1.78. The molecule has 6 heteroatoms. The molecule has 0 saturated carbocycles. The number of nitrogens with one attached hydrogen (secondary N) is 1. The van der Waals surface area contributed by atoms with Crippen LogP contribution < -0.4 is 18.9 Å². The molecule has 0 aliphatic heterocycles. The first-order valence-corrected chi connectivity index (χ1v) is 7.16. The molecule has 23 heavy (non-hydrogen) atoms. The summed E-state index contributed by atoms with van der Waals surface area (Å²) in [5.41, 5.74) is 2.20. The average molecular weight is 327 g/mol. The molecule has 0 saturated heterocycles. The summed E-state index contributed by atoms with van der Waals surface area (Å²) in [6.07, 6.45) is 0.625. The molecule has 120 valence electrons. The number of H-pyrrole nitrogens is 1. The van der Waals surface area contributed by atoms with Gasteiger partial charge in [0, 0.05) is 5.56 Å². The van der Waals surface area contributed by atoms with E-state index in [0.717, 1.165) is 22.8 Å². The van der Waals surface area contributed by atoms with E-state index in [1.165, 1.54) is 6.47 Å². The van der Waals surface area contributed by atoms with E-state index in [-0.39, 0.29) is 24.5 Å². The van der Waals surface area contributed by atoms with Gasteiger partial charge in [-0.05, 0) is 32.9 Å². The number of benzene rings is 1. The minimum absolute atomic E-state index is 0. The number of halogens is 1. The molecule has 0 aliphatic rings. The Morgan fingerprint density at radius 1 is 1.35 bits per heavy atom. The number of hydrogen-bond acceptors (Lipinski definition) is 3. The largest absolute Gasteiger partial charge is 1.00 e. The summed E-state index contributed by atoms with van der Waals surface area (Å²) in [7, 11) is 0. The van der Waals surface area contributed by atoms with Crippen molar-refractivity contribution < 1.29 is 28.4 Å². The van der Waals surface area contributed by atoms with Crippen LogP contribution in [-0.4, -0.2) is 22.0 Å². The van der Waals surface area contributed by atoms with Crippen molar-refractivity contribution in [2.24, 2.45) is 0 Å². The van der Waals surface area contributed by atoms with Gasteiger partial charge in [0.05, 0.1) is 10.6 Å². The number of carbonyl (C=O) groups excluding carboxylic acids is 1. The minimum atomic E-state index is -0.373. The predicted molar refractivity (Wildman–Crippen MR) is 89.1 cm³/mol. The second kappa shape index (κ2) is 9.72. The maximum atomic E-state index is 9.47. The quantitative estimate of drug-likeness (QED) is 0.680. The second-order valence-electron chi connectivity index (χ2n) is 5.54. The first-order valence-electron chi connectivity index (χ1n) is 6.78. The Bertz CT molecular complexity index is 621. The zero-order chi connectivity index (χ0) is 16.8. The number of hydrogen-bond donors (Lipinski definition) is 1. The van der Waals surface area contributed by atoms with Gasteiger partial charge in [-0.2, -0.15) is 0 Å². The van der Waals surface area contributed by atoms with Crippen molar-refractivity contribution in [2.45, 2.75) is 32.8 Å². The summed E-state index contributed by atoms with van der Waals surface area (Å²) in [6, 6.07) is 7.58. The molecule has 0 spiro atoms. The maximum absolute atomic E-state index is 9.47. The fraction of sp³-hybridized carbons (Fsp3) is 0.294. The molecule has 1 heterocycles. The Hall–Kier alpha value is -1.34. The molecular formula is C17H20ClLiN2O2-2. The number of imidazole rings is 1. The molecule has 0 unspecified atom stereocenters. The van der Waals surface area contributed by atoms with E-state index in [1.54, 1.807) is 20.8 Å². The van der Waals surface area contributed by atoms with E-state index in [1.807, 2.05) is 24.3 Å². The van der Waals surface area contributed by atoms with Crippen molar-refractivity contribution in [3.63, 3.8) is 0 Å². The summed E-state index contributed by atoms with van der Waals surface area (Å²) in [5.74, 6) is 0.754. The maximum Gasteiger partial charge on any atom is 1.00 e. The van der Waals surface area contributed by atoms with Gasteiger partial charge in [-0.15, -0.1) is 11.4 Å². The molecule has 0 fully saturated rings. The first kappa shape index (κ1) is 21.7. The number of aromatic amines is 1. The second-order valence-corrected chi connectivity index (χ2v) is 5.95. The zero-order valence-electron chi connectivity index (χ0n) is 14.1. The Morgan fingerprint density at radius 3 is 2.35 bits per heavy atom. The van der Waals surface area contributed by atoms with Gasteiger partial charge < -0.3 is 26.4 Å². The van der Waals surface area contributed by atoms with Gasteiger partial charge in [-0.3, -0.25) is 0 Å².